The van der Waals surface area contributed by atoms with Gasteiger partial charge >= 0.3 is 0 Å². The van der Waals surface area contributed by atoms with Gasteiger partial charge in [-0.25, -0.2) is 13.8 Å². The van der Waals surface area contributed by atoms with Gasteiger partial charge in [-0.3, -0.25) is 0 Å². The van der Waals surface area contributed by atoms with Crippen molar-refractivity contribution in [2.45, 2.75) is 20.4 Å². The molecule has 108 valence electrons. The van der Waals surface area contributed by atoms with Crippen LogP contribution in [0.2, 0.25) is 0 Å². The van der Waals surface area contributed by atoms with Gasteiger partial charge in [0.2, 0.25) is 0 Å². The van der Waals surface area contributed by atoms with Gasteiger partial charge in [-0.05, 0) is 26.0 Å². The van der Waals surface area contributed by atoms with E-state index >= 15 is 0 Å². The predicted octanol–water partition coefficient (Wildman–Crippen LogP) is 3.88. The highest BCUT2D eigenvalue weighted by molar-refractivity contribution is 7.15. The van der Waals surface area contributed by atoms with Gasteiger partial charge in [0, 0.05) is 30.2 Å². The van der Waals surface area contributed by atoms with E-state index in [0.29, 0.717) is 12.2 Å². The number of halogens is 2. The third-order valence-electron chi connectivity index (χ3n) is 2.96. The Morgan fingerprint density at radius 1 is 1.25 bits per heavy atom. The van der Waals surface area contributed by atoms with Crippen LogP contribution in [0.3, 0.4) is 0 Å². The van der Waals surface area contributed by atoms with Crippen LogP contribution in [0.1, 0.15) is 18.7 Å². The van der Waals surface area contributed by atoms with Crippen molar-refractivity contribution in [1.29, 1.82) is 0 Å². The minimum absolute atomic E-state index is 0.296. The number of hydrogen-bond acceptors (Lipinski definition) is 4. The largest absolute Gasteiger partial charge is 0.378 e. The second-order valence-electron chi connectivity index (χ2n) is 4.26. The number of rotatable bonds is 6. The van der Waals surface area contributed by atoms with E-state index in [1.54, 1.807) is 17.5 Å². The molecule has 6 heteroatoms. The molecule has 20 heavy (non-hydrogen) atoms. The Balaban J connectivity index is 2.00. The molecular formula is C14H17F2N3S. The van der Waals surface area contributed by atoms with Gasteiger partial charge in [0.15, 0.2) is 5.13 Å². The smallest absolute Gasteiger partial charge is 0.185 e. The summed E-state index contributed by atoms with van der Waals surface area (Å²) in [5, 5.41) is 3.92. The van der Waals surface area contributed by atoms with Crippen LogP contribution in [0, 0.1) is 11.6 Å². The first-order valence-corrected chi connectivity index (χ1v) is 7.34. The van der Waals surface area contributed by atoms with E-state index in [4.69, 9.17) is 0 Å². The number of nitrogens with one attached hydrogen (secondary N) is 1. The van der Waals surface area contributed by atoms with E-state index in [-0.39, 0.29) is 0 Å². The molecule has 0 aliphatic heterocycles. The van der Waals surface area contributed by atoms with E-state index < -0.39 is 11.6 Å². The first-order chi connectivity index (χ1) is 9.63. The average Bonchev–Trinajstić information content (AvgIpc) is 2.88. The molecule has 0 fully saturated rings. The number of benzene rings is 1. The second kappa shape index (κ2) is 6.65. The van der Waals surface area contributed by atoms with Crippen LogP contribution in [0.4, 0.5) is 19.6 Å². The van der Waals surface area contributed by atoms with Crippen molar-refractivity contribution in [1.82, 2.24) is 4.98 Å². The molecule has 0 aliphatic rings. The topological polar surface area (TPSA) is 28.2 Å². The van der Waals surface area contributed by atoms with Crippen molar-refractivity contribution in [2.24, 2.45) is 0 Å². The third kappa shape index (κ3) is 3.45. The van der Waals surface area contributed by atoms with Crippen molar-refractivity contribution in [2.75, 3.05) is 23.3 Å². The summed E-state index contributed by atoms with van der Waals surface area (Å²) in [5.74, 6) is -1.16. The number of nitrogens with zero attached hydrogens (tertiary/aromatic N) is 2. The summed E-state index contributed by atoms with van der Waals surface area (Å²) >= 11 is 1.57. The molecular weight excluding hydrogens is 280 g/mol. The molecule has 0 saturated carbocycles. The van der Waals surface area contributed by atoms with E-state index in [0.717, 1.165) is 29.2 Å². The van der Waals surface area contributed by atoms with Gasteiger partial charge in [-0.1, -0.05) is 0 Å². The average molecular weight is 297 g/mol. The van der Waals surface area contributed by atoms with Crippen LogP contribution in [-0.4, -0.2) is 18.1 Å². The fraction of sp³-hybridized carbons (Fsp3) is 0.357. The van der Waals surface area contributed by atoms with E-state index in [9.17, 15) is 8.78 Å². The second-order valence-corrected chi connectivity index (χ2v) is 5.35. The Bertz CT molecular complexity index is 567. The molecule has 1 aromatic carbocycles. The summed E-state index contributed by atoms with van der Waals surface area (Å²) in [5.41, 5.74) is 0.296. The molecule has 1 aromatic heterocycles. The van der Waals surface area contributed by atoms with Crippen molar-refractivity contribution in [3.8, 4) is 0 Å². The van der Waals surface area contributed by atoms with Crippen molar-refractivity contribution >= 4 is 22.2 Å². The van der Waals surface area contributed by atoms with Gasteiger partial charge in [0.05, 0.1) is 12.2 Å². The Morgan fingerprint density at radius 3 is 2.65 bits per heavy atom. The van der Waals surface area contributed by atoms with Gasteiger partial charge in [-0.15, -0.1) is 11.3 Å². The van der Waals surface area contributed by atoms with Crippen molar-refractivity contribution in [3.63, 3.8) is 0 Å². The summed E-state index contributed by atoms with van der Waals surface area (Å²) in [6.45, 7) is 6.45. The predicted molar refractivity (Wildman–Crippen MR) is 79.4 cm³/mol. The Hall–Kier alpha value is -1.69. The molecule has 1 heterocycles. The minimum atomic E-state index is -0.585. The molecule has 2 rings (SSSR count). The van der Waals surface area contributed by atoms with E-state index in [1.807, 2.05) is 0 Å². The molecule has 1 N–H and O–H groups in total. The number of thiazole rings is 1. The Kier molecular flexibility index (Phi) is 4.89. The van der Waals surface area contributed by atoms with Crippen LogP contribution >= 0.6 is 11.3 Å². The highest BCUT2D eigenvalue weighted by atomic mass is 32.1. The van der Waals surface area contributed by atoms with Crippen LogP contribution in [0.15, 0.2) is 24.4 Å². The summed E-state index contributed by atoms with van der Waals surface area (Å²) < 4.78 is 26.3. The maximum atomic E-state index is 13.5. The number of anilines is 2. The molecule has 0 unspecified atom stereocenters. The van der Waals surface area contributed by atoms with Gasteiger partial charge < -0.3 is 10.2 Å². The van der Waals surface area contributed by atoms with Crippen LogP contribution < -0.4 is 10.2 Å². The minimum Gasteiger partial charge on any atom is -0.378 e. The molecule has 0 aliphatic carbocycles. The zero-order valence-electron chi connectivity index (χ0n) is 11.5. The maximum absolute atomic E-state index is 13.5. The van der Waals surface area contributed by atoms with Crippen LogP contribution in [-0.2, 0) is 6.54 Å². The summed E-state index contributed by atoms with van der Waals surface area (Å²) in [7, 11) is 0. The molecule has 0 amide bonds. The first-order valence-electron chi connectivity index (χ1n) is 6.52. The quantitative estimate of drug-likeness (QED) is 0.877. The number of hydrogen-bond donors (Lipinski definition) is 1. The fourth-order valence-corrected chi connectivity index (χ4v) is 2.81. The maximum Gasteiger partial charge on any atom is 0.185 e. The van der Waals surface area contributed by atoms with Crippen molar-refractivity contribution < 1.29 is 8.78 Å². The van der Waals surface area contributed by atoms with Gasteiger partial charge in [0.1, 0.15) is 11.6 Å². The molecule has 0 atom stereocenters. The Morgan fingerprint density at radius 2 is 2.00 bits per heavy atom. The van der Waals surface area contributed by atoms with E-state index in [1.165, 1.54) is 12.1 Å². The molecule has 0 radical (unpaired) electrons. The fourth-order valence-electron chi connectivity index (χ4n) is 1.83. The zero-order valence-corrected chi connectivity index (χ0v) is 12.3. The molecule has 2 aromatic rings. The summed E-state index contributed by atoms with van der Waals surface area (Å²) in [6, 6.07) is 3.51. The van der Waals surface area contributed by atoms with Crippen molar-refractivity contribution in [3.05, 3.63) is 40.9 Å². The summed E-state index contributed by atoms with van der Waals surface area (Å²) in [4.78, 5) is 7.53. The number of aromatic nitrogens is 1. The SMILES string of the molecule is CCN(CC)c1ncc(CNc2ccc(F)cc2F)s1. The third-order valence-corrected chi connectivity index (χ3v) is 4.02. The Labute approximate surface area is 121 Å². The highest BCUT2D eigenvalue weighted by Crippen LogP contribution is 2.23. The van der Waals surface area contributed by atoms with Crippen LogP contribution in [0.25, 0.3) is 0 Å². The van der Waals surface area contributed by atoms with Crippen LogP contribution in [0.5, 0.6) is 0 Å². The first kappa shape index (κ1) is 14.7. The lowest BCUT2D eigenvalue weighted by atomic mass is 10.3. The normalized spacial score (nSPS) is 10.6. The standard InChI is InChI=1S/C14H17F2N3S/c1-3-19(4-2)14-18-9-11(20-14)8-17-13-6-5-10(15)7-12(13)16/h5-7,9,17H,3-4,8H2,1-2H3. The lowest BCUT2D eigenvalue weighted by Gasteiger charge is -2.16. The molecule has 0 saturated heterocycles. The van der Waals surface area contributed by atoms with E-state index in [2.05, 4.69) is 29.0 Å². The lowest BCUT2D eigenvalue weighted by molar-refractivity contribution is 0.585. The van der Waals surface area contributed by atoms with Gasteiger partial charge in [-0.2, -0.15) is 0 Å². The highest BCUT2D eigenvalue weighted by Gasteiger charge is 2.08. The van der Waals surface area contributed by atoms with Gasteiger partial charge in [0.25, 0.3) is 0 Å². The molecule has 0 bridgehead atoms. The zero-order chi connectivity index (χ0) is 14.5. The summed E-state index contributed by atoms with van der Waals surface area (Å²) in [6.07, 6.45) is 1.78. The lowest BCUT2D eigenvalue weighted by Crippen LogP contribution is -2.21. The molecule has 3 nitrogen and oxygen atoms in total. The monoisotopic (exact) mass is 297 g/mol. The molecule has 0 spiro atoms.